The van der Waals surface area contributed by atoms with E-state index in [1.54, 1.807) is 18.2 Å². The van der Waals surface area contributed by atoms with E-state index in [0.29, 0.717) is 41.0 Å². The van der Waals surface area contributed by atoms with Crippen LogP contribution in [0.4, 0.5) is 0 Å². The molecule has 1 aromatic carbocycles. The van der Waals surface area contributed by atoms with Crippen LogP contribution < -0.4 is 0 Å². The highest BCUT2D eigenvalue weighted by Crippen LogP contribution is 2.26. The van der Waals surface area contributed by atoms with Crippen molar-refractivity contribution in [1.82, 2.24) is 10.1 Å². The topological polar surface area (TPSA) is 56.0 Å². The number of hydrogen-bond donors (Lipinski definition) is 0. The number of aryl methyl sites for hydroxylation is 1. The molecule has 0 radical (unpaired) electrons. The first-order valence-corrected chi connectivity index (χ1v) is 6.55. The number of aromatic nitrogens is 2. The minimum Gasteiger partial charge on any atom is -0.339 e. The average molecular weight is 299 g/mol. The minimum absolute atomic E-state index is 0.0916. The monoisotopic (exact) mass is 298 g/mol. The number of carbonyl (C=O) groups is 1. The maximum absolute atomic E-state index is 10.9. The molecule has 0 spiro atoms. The Kier molecular flexibility index (Phi) is 4.56. The van der Waals surface area contributed by atoms with E-state index in [-0.39, 0.29) is 5.78 Å². The Hall–Kier alpha value is -1.39. The molecule has 19 heavy (non-hydrogen) atoms. The van der Waals surface area contributed by atoms with Gasteiger partial charge in [-0.05, 0) is 24.6 Å². The molecule has 0 aliphatic heterocycles. The van der Waals surface area contributed by atoms with E-state index in [2.05, 4.69) is 10.1 Å². The van der Waals surface area contributed by atoms with Crippen LogP contribution in [0.5, 0.6) is 0 Å². The Morgan fingerprint density at radius 3 is 2.63 bits per heavy atom. The average Bonchev–Trinajstić information content (AvgIpc) is 2.79. The fourth-order valence-electron chi connectivity index (χ4n) is 1.61. The maximum atomic E-state index is 10.9. The van der Waals surface area contributed by atoms with E-state index >= 15 is 0 Å². The first-order valence-electron chi connectivity index (χ1n) is 5.80. The van der Waals surface area contributed by atoms with Gasteiger partial charge in [-0.3, -0.25) is 0 Å². The van der Waals surface area contributed by atoms with Crippen LogP contribution in [0.2, 0.25) is 10.0 Å². The van der Waals surface area contributed by atoms with E-state index in [9.17, 15) is 4.79 Å². The van der Waals surface area contributed by atoms with Gasteiger partial charge in [0.25, 0.3) is 0 Å². The van der Waals surface area contributed by atoms with Crippen molar-refractivity contribution in [1.29, 1.82) is 0 Å². The third-order valence-corrected chi connectivity index (χ3v) is 3.31. The molecule has 2 aromatic rings. The van der Waals surface area contributed by atoms with Gasteiger partial charge in [-0.2, -0.15) is 4.98 Å². The van der Waals surface area contributed by atoms with Crippen molar-refractivity contribution in [3.8, 4) is 0 Å². The van der Waals surface area contributed by atoms with Crippen LogP contribution in [0.25, 0.3) is 0 Å². The Balaban J connectivity index is 2.09. The number of nitrogens with zero attached hydrogens (tertiary/aromatic N) is 2. The zero-order valence-corrected chi connectivity index (χ0v) is 11.8. The molecule has 1 heterocycles. The summed E-state index contributed by atoms with van der Waals surface area (Å²) in [5.41, 5.74) is 0.768. The number of carbonyl (C=O) groups excluding carboxylic acids is 1. The Labute approximate surface area is 120 Å². The van der Waals surface area contributed by atoms with Crippen molar-refractivity contribution in [2.24, 2.45) is 0 Å². The van der Waals surface area contributed by atoms with Crippen molar-refractivity contribution in [3.63, 3.8) is 0 Å². The first kappa shape index (κ1) is 14.0. The van der Waals surface area contributed by atoms with Gasteiger partial charge in [0, 0.05) is 29.3 Å². The van der Waals surface area contributed by atoms with Crippen molar-refractivity contribution >= 4 is 29.0 Å². The van der Waals surface area contributed by atoms with Crippen LogP contribution in [-0.2, 0) is 17.6 Å². The summed E-state index contributed by atoms with van der Waals surface area (Å²) in [7, 11) is 0. The third-order valence-electron chi connectivity index (χ3n) is 2.60. The summed E-state index contributed by atoms with van der Waals surface area (Å²) in [5.74, 6) is 1.05. The van der Waals surface area contributed by atoms with Gasteiger partial charge in [0.2, 0.25) is 5.89 Å². The predicted octanol–water partition coefficient (Wildman–Crippen LogP) is 3.49. The number of hydrogen-bond acceptors (Lipinski definition) is 4. The zero-order chi connectivity index (χ0) is 13.8. The molecule has 0 N–H and O–H groups in total. The lowest BCUT2D eigenvalue weighted by Crippen LogP contribution is -1.96. The van der Waals surface area contributed by atoms with Gasteiger partial charge in [-0.15, -0.1) is 0 Å². The van der Waals surface area contributed by atoms with E-state index in [1.807, 2.05) is 0 Å². The molecular weight excluding hydrogens is 287 g/mol. The number of rotatable bonds is 5. The fraction of sp³-hybridized carbons (Fsp3) is 0.308. The molecule has 0 unspecified atom stereocenters. The van der Waals surface area contributed by atoms with Gasteiger partial charge < -0.3 is 9.32 Å². The first-order chi connectivity index (χ1) is 9.06. The Morgan fingerprint density at radius 1 is 1.32 bits per heavy atom. The van der Waals surface area contributed by atoms with Crippen molar-refractivity contribution in [2.75, 3.05) is 0 Å². The Bertz CT molecular complexity index is 576. The van der Waals surface area contributed by atoms with Crippen LogP contribution >= 0.6 is 23.2 Å². The van der Waals surface area contributed by atoms with Gasteiger partial charge in [-0.1, -0.05) is 34.4 Å². The van der Waals surface area contributed by atoms with E-state index in [0.717, 1.165) is 5.56 Å². The summed E-state index contributed by atoms with van der Waals surface area (Å²) >= 11 is 12.1. The standard InChI is InChI=1S/C13H12Cl2N2O2/c1-8(18)5-6-13-16-12(17-19-13)7-9-10(14)3-2-4-11(9)15/h2-4H,5-7H2,1H3. The molecule has 0 atom stereocenters. The third kappa shape index (κ3) is 3.78. The molecular formula is C13H12Cl2N2O2. The molecule has 2 rings (SSSR count). The van der Waals surface area contributed by atoms with Crippen LogP contribution in [0.1, 0.15) is 30.6 Å². The second-order valence-electron chi connectivity index (χ2n) is 4.18. The lowest BCUT2D eigenvalue weighted by Gasteiger charge is -2.02. The van der Waals surface area contributed by atoms with Crippen molar-refractivity contribution in [2.45, 2.75) is 26.2 Å². The SMILES string of the molecule is CC(=O)CCc1nc(Cc2c(Cl)cccc2Cl)no1. The quantitative estimate of drug-likeness (QED) is 0.848. The molecule has 1 aromatic heterocycles. The second kappa shape index (κ2) is 6.17. The van der Waals surface area contributed by atoms with Crippen LogP contribution in [0.3, 0.4) is 0 Å². The highest BCUT2D eigenvalue weighted by atomic mass is 35.5. The molecule has 0 aliphatic carbocycles. The summed E-state index contributed by atoms with van der Waals surface area (Å²) in [6, 6.07) is 5.31. The summed E-state index contributed by atoms with van der Waals surface area (Å²) in [5, 5.41) is 5.00. The molecule has 0 bridgehead atoms. The largest absolute Gasteiger partial charge is 0.339 e. The van der Waals surface area contributed by atoms with Crippen LogP contribution in [0, 0.1) is 0 Å². The lowest BCUT2D eigenvalue weighted by molar-refractivity contribution is -0.117. The summed E-state index contributed by atoms with van der Waals surface area (Å²) in [6.45, 7) is 1.53. The van der Waals surface area contributed by atoms with E-state index in [4.69, 9.17) is 27.7 Å². The van der Waals surface area contributed by atoms with Gasteiger partial charge in [-0.25, -0.2) is 0 Å². The van der Waals surface area contributed by atoms with Crippen molar-refractivity contribution < 1.29 is 9.32 Å². The summed E-state index contributed by atoms with van der Waals surface area (Å²) in [4.78, 5) is 15.1. The molecule has 4 nitrogen and oxygen atoms in total. The van der Waals surface area contributed by atoms with Crippen molar-refractivity contribution in [3.05, 3.63) is 45.5 Å². The fourth-order valence-corrected chi connectivity index (χ4v) is 2.14. The lowest BCUT2D eigenvalue weighted by atomic mass is 10.1. The van der Waals surface area contributed by atoms with E-state index in [1.165, 1.54) is 6.92 Å². The highest BCUT2D eigenvalue weighted by molar-refractivity contribution is 6.36. The van der Waals surface area contributed by atoms with Gasteiger partial charge in [0.1, 0.15) is 5.78 Å². The summed E-state index contributed by atoms with van der Waals surface area (Å²) in [6.07, 6.45) is 1.26. The maximum Gasteiger partial charge on any atom is 0.227 e. The molecule has 100 valence electrons. The van der Waals surface area contributed by atoms with Gasteiger partial charge >= 0.3 is 0 Å². The molecule has 0 aliphatic rings. The molecule has 0 fully saturated rings. The molecule has 6 heteroatoms. The molecule has 0 saturated carbocycles. The van der Waals surface area contributed by atoms with Crippen LogP contribution in [-0.4, -0.2) is 15.9 Å². The van der Waals surface area contributed by atoms with Gasteiger partial charge in [0.15, 0.2) is 5.82 Å². The predicted molar refractivity (Wildman–Crippen MR) is 72.6 cm³/mol. The highest BCUT2D eigenvalue weighted by Gasteiger charge is 2.12. The Morgan fingerprint density at radius 2 is 2.00 bits per heavy atom. The smallest absolute Gasteiger partial charge is 0.227 e. The van der Waals surface area contributed by atoms with E-state index < -0.39 is 0 Å². The molecule has 0 amide bonds. The number of ketones is 1. The number of Topliss-reactive ketones (excluding diaryl/α,β-unsaturated/α-hetero) is 1. The number of benzene rings is 1. The summed E-state index contributed by atoms with van der Waals surface area (Å²) < 4.78 is 5.07. The number of halogens is 2. The zero-order valence-electron chi connectivity index (χ0n) is 10.3. The molecule has 0 saturated heterocycles. The van der Waals surface area contributed by atoms with Crippen LogP contribution in [0.15, 0.2) is 22.7 Å². The normalized spacial score (nSPS) is 10.7. The minimum atomic E-state index is 0.0916. The second-order valence-corrected chi connectivity index (χ2v) is 5.00. The van der Waals surface area contributed by atoms with Gasteiger partial charge in [0.05, 0.1) is 0 Å².